The molecule has 0 atom stereocenters. The molecule has 150 valence electrons. The first-order chi connectivity index (χ1) is 13.3. The Bertz CT molecular complexity index is 894. The molecule has 28 heavy (non-hydrogen) atoms. The molecule has 1 aromatic carbocycles. The van der Waals surface area contributed by atoms with E-state index in [1.54, 1.807) is 6.92 Å². The lowest BCUT2D eigenvalue weighted by Gasteiger charge is -2.16. The number of aryl methyl sites for hydroxylation is 2. The highest BCUT2D eigenvalue weighted by molar-refractivity contribution is 7.98. The zero-order chi connectivity index (χ0) is 20.8. The molecule has 2 rings (SSSR count). The smallest absolute Gasteiger partial charge is 0.341 e. The van der Waals surface area contributed by atoms with Crippen molar-refractivity contribution in [1.82, 2.24) is 9.97 Å². The number of esters is 1. The van der Waals surface area contributed by atoms with Gasteiger partial charge in [0, 0.05) is 0 Å². The summed E-state index contributed by atoms with van der Waals surface area (Å²) in [6, 6.07) is 6.04. The van der Waals surface area contributed by atoms with E-state index < -0.39 is 5.97 Å². The average Bonchev–Trinajstić information content (AvgIpc) is 2.65. The van der Waals surface area contributed by atoms with Crippen LogP contribution >= 0.6 is 11.8 Å². The van der Waals surface area contributed by atoms with Gasteiger partial charge >= 0.3 is 5.97 Å². The number of hydrogen-bond donors (Lipinski definition) is 0. The topological polar surface area (TPSA) is 70.5 Å². The molecule has 0 spiro atoms. The molecule has 0 amide bonds. The van der Waals surface area contributed by atoms with E-state index in [4.69, 9.17) is 14.2 Å². The van der Waals surface area contributed by atoms with Gasteiger partial charge in [-0.1, -0.05) is 19.9 Å². The predicted molar refractivity (Wildman–Crippen MR) is 111 cm³/mol. The van der Waals surface area contributed by atoms with E-state index in [1.807, 2.05) is 25.3 Å². The van der Waals surface area contributed by atoms with Crippen LogP contribution in [0.1, 0.15) is 42.3 Å². The summed E-state index contributed by atoms with van der Waals surface area (Å²) in [6.45, 7) is 8.05. The van der Waals surface area contributed by atoms with Crippen molar-refractivity contribution >= 4 is 23.3 Å². The van der Waals surface area contributed by atoms with E-state index in [0.717, 1.165) is 11.1 Å². The van der Waals surface area contributed by atoms with Gasteiger partial charge in [0.1, 0.15) is 22.2 Å². The Hall–Kier alpha value is -2.54. The lowest BCUT2D eigenvalue weighted by Crippen LogP contribution is -2.10. The van der Waals surface area contributed by atoms with Crippen LogP contribution in [0.2, 0.25) is 0 Å². The molecule has 1 heterocycles. The van der Waals surface area contributed by atoms with Crippen LogP contribution in [-0.4, -0.2) is 36.4 Å². The lowest BCUT2D eigenvalue weighted by molar-refractivity contribution is -0.133. The van der Waals surface area contributed by atoms with Crippen LogP contribution < -0.4 is 4.74 Å². The number of rotatable bonds is 7. The summed E-state index contributed by atoms with van der Waals surface area (Å²) in [5.74, 6) is 1.28. The highest BCUT2D eigenvalue weighted by atomic mass is 32.2. The molecule has 0 N–H and O–H groups in total. The molecule has 1 aromatic heterocycles. The molecule has 0 fully saturated rings. The Labute approximate surface area is 170 Å². The fourth-order valence-electron chi connectivity index (χ4n) is 2.69. The summed E-state index contributed by atoms with van der Waals surface area (Å²) < 4.78 is 16.2. The monoisotopic (exact) mass is 402 g/mol. The minimum Gasteiger partial charge on any atom is -0.503 e. The Morgan fingerprint density at radius 2 is 1.86 bits per heavy atom. The molecule has 0 aliphatic heterocycles. The second kappa shape index (κ2) is 9.59. The van der Waals surface area contributed by atoms with Crippen molar-refractivity contribution in [2.45, 2.75) is 38.6 Å². The number of carbonyl (C=O) groups is 1. The fraction of sp³-hybridized carbons (Fsp3) is 0.381. The van der Waals surface area contributed by atoms with Crippen molar-refractivity contribution in [3.8, 4) is 11.6 Å². The summed E-state index contributed by atoms with van der Waals surface area (Å²) in [5.41, 5.74) is 2.88. The molecule has 0 aliphatic rings. The number of methoxy groups -OCH3 is 2. The van der Waals surface area contributed by atoms with E-state index in [-0.39, 0.29) is 11.5 Å². The molecule has 0 aliphatic carbocycles. The van der Waals surface area contributed by atoms with Crippen molar-refractivity contribution in [2.75, 3.05) is 20.5 Å². The predicted octanol–water partition coefficient (Wildman–Crippen LogP) is 4.89. The standard InChI is InChI=1S/C21H26N2O4S/c1-12(2)15-8-13(3)9-16(10-15)27-19-18(17(11-25-5)21(24)26-6)20(28-7)23-14(4)22-19/h8-12H,1-7H3. The molecule has 0 saturated carbocycles. The Kier molecular flexibility index (Phi) is 7.45. The Morgan fingerprint density at radius 3 is 2.43 bits per heavy atom. The fourth-order valence-corrected chi connectivity index (χ4v) is 3.32. The number of ether oxygens (including phenoxy) is 3. The number of benzene rings is 1. The average molecular weight is 403 g/mol. The number of hydrogen-bond acceptors (Lipinski definition) is 7. The highest BCUT2D eigenvalue weighted by Crippen LogP contribution is 2.36. The molecule has 0 radical (unpaired) electrons. The largest absolute Gasteiger partial charge is 0.503 e. The Morgan fingerprint density at radius 1 is 1.14 bits per heavy atom. The summed E-state index contributed by atoms with van der Waals surface area (Å²) in [4.78, 5) is 21.3. The van der Waals surface area contributed by atoms with Gasteiger partial charge in [-0.2, -0.15) is 4.98 Å². The molecule has 0 unspecified atom stereocenters. The zero-order valence-corrected chi connectivity index (χ0v) is 18.1. The van der Waals surface area contributed by atoms with Crippen LogP contribution in [-0.2, 0) is 14.3 Å². The summed E-state index contributed by atoms with van der Waals surface area (Å²) in [5, 5.41) is 0.605. The summed E-state index contributed by atoms with van der Waals surface area (Å²) in [7, 11) is 2.78. The van der Waals surface area contributed by atoms with Crippen molar-refractivity contribution in [1.29, 1.82) is 0 Å². The lowest BCUT2D eigenvalue weighted by atomic mass is 10.0. The van der Waals surface area contributed by atoms with Gasteiger partial charge in [0.25, 0.3) is 0 Å². The third kappa shape index (κ3) is 5.04. The van der Waals surface area contributed by atoms with Crippen molar-refractivity contribution in [3.05, 3.63) is 47.0 Å². The number of carbonyl (C=O) groups excluding carboxylic acids is 1. The molecule has 7 heteroatoms. The van der Waals surface area contributed by atoms with Crippen LogP contribution in [0, 0.1) is 13.8 Å². The maximum atomic E-state index is 12.4. The molecule has 6 nitrogen and oxygen atoms in total. The van der Waals surface area contributed by atoms with Crippen LogP contribution in [0.5, 0.6) is 11.6 Å². The Balaban J connectivity index is 2.66. The van der Waals surface area contributed by atoms with E-state index in [0.29, 0.717) is 28.1 Å². The highest BCUT2D eigenvalue weighted by Gasteiger charge is 2.25. The van der Waals surface area contributed by atoms with Gasteiger partial charge in [-0.25, -0.2) is 9.78 Å². The quantitative estimate of drug-likeness (QED) is 0.215. The van der Waals surface area contributed by atoms with Gasteiger partial charge in [-0.3, -0.25) is 0 Å². The van der Waals surface area contributed by atoms with Gasteiger partial charge in [0.2, 0.25) is 5.88 Å². The van der Waals surface area contributed by atoms with Gasteiger partial charge in [0.05, 0.1) is 26.0 Å². The zero-order valence-electron chi connectivity index (χ0n) is 17.3. The van der Waals surface area contributed by atoms with Gasteiger partial charge in [-0.15, -0.1) is 11.8 Å². The maximum Gasteiger partial charge on any atom is 0.341 e. The van der Waals surface area contributed by atoms with Crippen LogP contribution in [0.3, 0.4) is 0 Å². The summed E-state index contributed by atoms with van der Waals surface area (Å²) in [6.07, 6.45) is 3.20. The van der Waals surface area contributed by atoms with Crippen molar-refractivity contribution in [3.63, 3.8) is 0 Å². The minimum absolute atomic E-state index is 0.195. The van der Waals surface area contributed by atoms with E-state index in [2.05, 4.69) is 29.9 Å². The first-order valence-corrected chi connectivity index (χ1v) is 10.1. The molecule has 0 bridgehead atoms. The SMILES string of the molecule is COC=C(C(=O)OC)c1c(Oc2cc(C)cc(C(C)C)c2)nc(C)nc1SC. The third-order valence-corrected chi connectivity index (χ3v) is 4.69. The van der Waals surface area contributed by atoms with E-state index in [9.17, 15) is 4.79 Å². The summed E-state index contributed by atoms with van der Waals surface area (Å²) >= 11 is 1.39. The first-order valence-electron chi connectivity index (χ1n) is 8.84. The van der Waals surface area contributed by atoms with Crippen molar-refractivity contribution in [2.24, 2.45) is 0 Å². The number of thioether (sulfide) groups is 1. The van der Waals surface area contributed by atoms with Crippen molar-refractivity contribution < 1.29 is 19.0 Å². The number of nitrogens with zero attached hydrogens (tertiary/aromatic N) is 2. The molecular formula is C21H26N2O4S. The van der Waals surface area contributed by atoms with Gasteiger partial charge in [-0.05, 0) is 49.3 Å². The number of aromatic nitrogens is 2. The van der Waals surface area contributed by atoms with Crippen LogP contribution in [0.25, 0.3) is 5.57 Å². The maximum absolute atomic E-state index is 12.4. The van der Waals surface area contributed by atoms with E-state index >= 15 is 0 Å². The third-order valence-electron chi connectivity index (χ3n) is 4.01. The van der Waals surface area contributed by atoms with Gasteiger partial charge < -0.3 is 14.2 Å². The first kappa shape index (κ1) is 21.8. The normalized spacial score (nSPS) is 11.5. The minimum atomic E-state index is -0.554. The van der Waals surface area contributed by atoms with Gasteiger partial charge in [0.15, 0.2) is 0 Å². The van der Waals surface area contributed by atoms with Crippen LogP contribution in [0.4, 0.5) is 0 Å². The molecular weight excluding hydrogens is 376 g/mol. The molecule has 2 aromatic rings. The second-order valence-corrected chi connectivity index (χ2v) is 7.35. The van der Waals surface area contributed by atoms with Crippen LogP contribution in [0.15, 0.2) is 29.5 Å². The second-order valence-electron chi connectivity index (χ2n) is 6.56. The van der Waals surface area contributed by atoms with E-state index in [1.165, 1.54) is 32.2 Å². The molecule has 0 saturated heterocycles.